The van der Waals surface area contributed by atoms with Gasteiger partial charge in [0.25, 0.3) is 5.91 Å². The number of benzene rings is 2. The molecule has 0 bridgehead atoms. The van der Waals surface area contributed by atoms with Crippen LogP contribution in [0.4, 0.5) is 5.69 Å². The molecule has 0 N–H and O–H groups in total. The van der Waals surface area contributed by atoms with Crippen LogP contribution in [0.25, 0.3) is 0 Å². The van der Waals surface area contributed by atoms with Gasteiger partial charge in [0.05, 0.1) is 7.11 Å². The Balaban J connectivity index is 2.13. The highest BCUT2D eigenvalue weighted by Gasteiger charge is 2.15. The highest BCUT2D eigenvalue weighted by Crippen LogP contribution is 2.17. The van der Waals surface area contributed by atoms with Gasteiger partial charge < -0.3 is 14.5 Å². The number of carbonyl (C=O) groups excluding carboxylic acids is 1. The predicted octanol–water partition coefficient (Wildman–Crippen LogP) is 3.42. The molecule has 0 saturated heterocycles. The fraction of sp³-hybridized carbons (Fsp3) is 0.316. The van der Waals surface area contributed by atoms with Gasteiger partial charge in [-0.05, 0) is 42.8 Å². The van der Waals surface area contributed by atoms with Gasteiger partial charge in [0.2, 0.25) is 0 Å². The summed E-state index contributed by atoms with van der Waals surface area (Å²) in [6.07, 6.45) is 0. The molecule has 2 aromatic carbocycles. The maximum Gasteiger partial charge on any atom is 0.254 e. The summed E-state index contributed by atoms with van der Waals surface area (Å²) >= 11 is 0. The molecule has 0 atom stereocenters. The normalized spacial score (nSPS) is 10.3. The number of nitrogens with zero attached hydrogens (tertiary/aromatic N) is 2. The number of carbonyl (C=O) groups is 1. The quantitative estimate of drug-likeness (QED) is 0.819. The van der Waals surface area contributed by atoms with E-state index < -0.39 is 0 Å². The lowest BCUT2D eigenvalue weighted by atomic mass is 10.1. The van der Waals surface area contributed by atoms with Gasteiger partial charge in [-0.25, -0.2) is 0 Å². The van der Waals surface area contributed by atoms with Crippen LogP contribution in [-0.2, 0) is 6.54 Å². The minimum absolute atomic E-state index is 0.0167. The van der Waals surface area contributed by atoms with Gasteiger partial charge >= 0.3 is 0 Å². The van der Waals surface area contributed by atoms with Crippen LogP contribution in [0.2, 0.25) is 0 Å². The van der Waals surface area contributed by atoms with Crippen molar-refractivity contribution in [1.82, 2.24) is 4.90 Å². The van der Waals surface area contributed by atoms with Gasteiger partial charge in [0.15, 0.2) is 0 Å². The molecular formula is C19H24N2O2. The van der Waals surface area contributed by atoms with E-state index in [0.717, 1.165) is 11.3 Å². The van der Waals surface area contributed by atoms with Crippen LogP contribution < -0.4 is 9.64 Å². The van der Waals surface area contributed by atoms with Gasteiger partial charge in [-0.2, -0.15) is 0 Å². The van der Waals surface area contributed by atoms with Crippen molar-refractivity contribution in [1.29, 1.82) is 0 Å². The third kappa shape index (κ3) is 4.25. The average Bonchev–Trinajstić information content (AvgIpc) is 2.59. The van der Waals surface area contributed by atoms with Crippen LogP contribution in [0.1, 0.15) is 22.8 Å². The lowest BCUT2D eigenvalue weighted by Gasteiger charge is -2.22. The summed E-state index contributed by atoms with van der Waals surface area (Å²) in [5.74, 6) is 0.713. The molecule has 0 unspecified atom stereocenters. The zero-order valence-electron chi connectivity index (χ0n) is 14.2. The fourth-order valence-electron chi connectivity index (χ4n) is 2.39. The fourth-order valence-corrected chi connectivity index (χ4v) is 2.39. The minimum Gasteiger partial charge on any atom is -0.497 e. The summed E-state index contributed by atoms with van der Waals surface area (Å²) in [6.45, 7) is 3.25. The monoisotopic (exact) mass is 312 g/mol. The number of hydrogen-bond donors (Lipinski definition) is 0. The Morgan fingerprint density at radius 1 is 1.09 bits per heavy atom. The minimum atomic E-state index is 0.0167. The first kappa shape index (κ1) is 16.9. The molecule has 0 aliphatic heterocycles. The number of rotatable bonds is 6. The number of amides is 1. The molecule has 4 nitrogen and oxygen atoms in total. The maximum atomic E-state index is 12.7. The molecule has 4 heteroatoms. The molecule has 2 aromatic rings. The summed E-state index contributed by atoms with van der Waals surface area (Å²) in [5, 5.41) is 0. The maximum absolute atomic E-state index is 12.7. The van der Waals surface area contributed by atoms with Gasteiger partial charge in [0, 0.05) is 38.4 Å². The van der Waals surface area contributed by atoms with Crippen LogP contribution >= 0.6 is 0 Å². The lowest BCUT2D eigenvalue weighted by molar-refractivity contribution is 0.0752. The number of hydrogen-bond acceptors (Lipinski definition) is 3. The summed E-state index contributed by atoms with van der Waals surface area (Å²) in [5.41, 5.74) is 2.92. The van der Waals surface area contributed by atoms with E-state index >= 15 is 0 Å². The number of anilines is 1. The zero-order chi connectivity index (χ0) is 16.8. The highest BCUT2D eigenvalue weighted by molar-refractivity contribution is 5.94. The Morgan fingerprint density at radius 3 is 2.35 bits per heavy atom. The standard InChI is InChI=1S/C19H24N2O2/c1-5-21(14-15-9-11-17(12-10-15)20(2)3)19(22)16-7-6-8-18(13-16)23-4/h6-13H,5,14H2,1-4H3. The van der Waals surface area contributed by atoms with Crippen molar-refractivity contribution < 1.29 is 9.53 Å². The second-order valence-electron chi connectivity index (χ2n) is 5.61. The van der Waals surface area contributed by atoms with Crippen LogP contribution in [0.3, 0.4) is 0 Å². The smallest absolute Gasteiger partial charge is 0.254 e. The summed E-state index contributed by atoms with van der Waals surface area (Å²) in [6, 6.07) is 15.5. The Morgan fingerprint density at radius 2 is 1.78 bits per heavy atom. The van der Waals surface area contributed by atoms with Crippen LogP contribution in [0.5, 0.6) is 5.75 Å². The molecule has 0 spiro atoms. The molecule has 0 saturated carbocycles. The zero-order valence-corrected chi connectivity index (χ0v) is 14.2. The van der Waals surface area contributed by atoms with Crippen molar-refractivity contribution >= 4 is 11.6 Å². The third-order valence-electron chi connectivity index (χ3n) is 3.81. The molecule has 0 radical (unpaired) electrons. The molecule has 0 aromatic heterocycles. The van der Waals surface area contributed by atoms with E-state index in [1.807, 2.05) is 44.1 Å². The molecule has 0 aliphatic rings. The second kappa shape index (κ2) is 7.68. The second-order valence-corrected chi connectivity index (χ2v) is 5.61. The van der Waals surface area contributed by atoms with E-state index in [4.69, 9.17) is 4.74 Å². The third-order valence-corrected chi connectivity index (χ3v) is 3.81. The van der Waals surface area contributed by atoms with Crippen molar-refractivity contribution in [2.75, 3.05) is 32.6 Å². The van der Waals surface area contributed by atoms with E-state index in [9.17, 15) is 4.79 Å². The van der Waals surface area contributed by atoms with E-state index in [2.05, 4.69) is 29.2 Å². The van der Waals surface area contributed by atoms with Crippen LogP contribution in [0, 0.1) is 0 Å². The number of ether oxygens (including phenoxy) is 1. The van der Waals surface area contributed by atoms with Crippen LogP contribution in [-0.4, -0.2) is 38.6 Å². The molecular weight excluding hydrogens is 288 g/mol. The molecule has 23 heavy (non-hydrogen) atoms. The first-order chi connectivity index (χ1) is 11.0. The Labute approximate surface area is 138 Å². The molecule has 0 fully saturated rings. The van der Waals surface area contributed by atoms with Gasteiger partial charge in [-0.15, -0.1) is 0 Å². The van der Waals surface area contributed by atoms with E-state index in [0.29, 0.717) is 24.4 Å². The first-order valence-electron chi connectivity index (χ1n) is 7.74. The van der Waals surface area contributed by atoms with Gasteiger partial charge in [-0.1, -0.05) is 18.2 Å². The summed E-state index contributed by atoms with van der Waals surface area (Å²) in [7, 11) is 5.63. The number of methoxy groups -OCH3 is 1. The lowest BCUT2D eigenvalue weighted by Crippen LogP contribution is -2.30. The molecule has 0 heterocycles. The van der Waals surface area contributed by atoms with Gasteiger partial charge in [-0.3, -0.25) is 4.79 Å². The van der Waals surface area contributed by atoms with Crippen molar-refractivity contribution in [3.63, 3.8) is 0 Å². The van der Waals surface area contributed by atoms with Crippen LogP contribution in [0.15, 0.2) is 48.5 Å². The Bertz CT molecular complexity index is 651. The predicted molar refractivity (Wildman–Crippen MR) is 94.2 cm³/mol. The van der Waals surface area contributed by atoms with E-state index in [-0.39, 0.29) is 5.91 Å². The highest BCUT2D eigenvalue weighted by atomic mass is 16.5. The molecule has 0 aliphatic carbocycles. The van der Waals surface area contributed by atoms with E-state index in [1.165, 1.54) is 0 Å². The summed E-state index contributed by atoms with van der Waals surface area (Å²) < 4.78 is 5.20. The molecule has 2 rings (SSSR count). The van der Waals surface area contributed by atoms with E-state index in [1.54, 1.807) is 13.2 Å². The van der Waals surface area contributed by atoms with Crippen molar-refractivity contribution in [2.45, 2.75) is 13.5 Å². The van der Waals surface area contributed by atoms with Gasteiger partial charge in [0.1, 0.15) is 5.75 Å². The van der Waals surface area contributed by atoms with Crippen molar-refractivity contribution in [3.05, 3.63) is 59.7 Å². The average molecular weight is 312 g/mol. The Kier molecular flexibility index (Phi) is 5.63. The first-order valence-corrected chi connectivity index (χ1v) is 7.74. The molecule has 122 valence electrons. The Hall–Kier alpha value is -2.49. The molecule has 1 amide bonds. The largest absolute Gasteiger partial charge is 0.497 e. The van der Waals surface area contributed by atoms with Crippen molar-refractivity contribution in [2.24, 2.45) is 0 Å². The van der Waals surface area contributed by atoms with Crippen molar-refractivity contribution in [3.8, 4) is 5.75 Å². The summed E-state index contributed by atoms with van der Waals surface area (Å²) in [4.78, 5) is 16.6. The SMILES string of the molecule is CCN(Cc1ccc(N(C)C)cc1)C(=O)c1cccc(OC)c1. The topological polar surface area (TPSA) is 32.8 Å².